The number of aryl methyl sites for hydroxylation is 1. The predicted octanol–water partition coefficient (Wildman–Crippen LogP) is 2.93. The van der Waals surface area contributed by atoms with Crippen molar-refractivity contribution in [2.24, 2.45) is 5.41 Å². The molecule has 2 nitrogen and oxygen atoms in total. The fourth-order valence-corrected chi connectivity index (χ4v) is 2.71. The Bertz CT molecular complexity index is 488. The molecule has 2 atom stereocenters. The largest absolute Gasteiger partial charge is 0.379 e. The second-order valence-electron chi connectivity index (χ2n) is 4.93. The molecular weight excluding hydrogens is 210 g/mol. The number of nitriles is 1. The molecule has 17 heavy (non-hydrogen) atoms. The molecule has 1 aromatic rings. The quantitative estimate of drug-likeness (QED) is 0.592. The van der Waals surface area contributed by atoms with E-state index in [0.29, 0.717) is 6.42 Å². The lowest BCUT2D eigenvalue weighted by molar-refractivity contribution is -0.00936. The number of benzene rings is 1. The normalized spacial score (nSPS) is 32.1. The van der Waals surface area contributed by atoms with Crippen LogP contribution in [0.3, 0.4) is 0 Å². The first kappa shape index (κ1) is 11.9. The third kappa shape index (κ3) is 1.59. The second kappa shape index (κ2) is 4.01. The van der Waals surface area contributed by atoms with Gasteiger partial charge in [0.2, 0.25) is 0 Å². The molecule has 2 rings (SSSR count). The van der Waals surface area contributed by atoms with E-state index < -0.39 is 11.0 Å². The minimum Gasteiger partial charge on any atom is -0.379 e. The molecule has 1 N–H and O–H groups in total. The molecule has 1 aliphatic carbocycles. The van der Waals surface area contributed by atoms with Gasteiger partial charge in [-0.25, -0.2) is 0 Å². The number of fused-ring (bicyclic) bond motifs is 1. The maximum atomic E-state index is 10.9. The zero-order chi connectivity index (χ0) is 12.5. The van der Waals surface area contributed by atoms with Gasteiger partial charge in [0, 0.05) is 0 Å². The Balaban J connectivity index is 2.69. The summed E-state index contributed by atoms with van der Waals surface area (Å²) in [5, 5.41) is 20.3. The van der Waals surface area contributed by atoms with Crippen LogP contribution in [0.15, 0.2) is 36.9 Å². The minimum absolute atomic E-state index is 0.681. The van der Waals surface area contributed by atoms with Crippen LogP contribution in [-0.2, 0) is 12.0 Å². The summed E-state index contributed by atoms with van der Waals surface area (Å²) >= 11 is 0. The molecule has 0 radical (unpaired) electrons. The van der Waals surface area contributed by atoms with Crippen LogP contribution in [0.1, 0.15) is 30.9 Å². The van der Waals surface area contributed by atoms with Gasteiger partial charge in [0.25, 0.3) is 0 Å². The first-order valence-corrected chi connectivity index (χ1v) is 5.93. The fraction of sp³-hybridized carbons (Fsp3) is 0.400. The molecule has 1 aromatic carbocycles. The van der Waals surface area contributed by atoms with Crippen LogP contribution in [-0.4, -0.2) is 5.11 Å². The van der Waals surface area contributed by atoms with Crippen molar-refractivity contribution in [3.05, 3.63) is 48.0 Å². The van der Waals surface area contributed by atoms with E-state index >= 15 is 0 Å². The first-order chi connectivity index (χ1) is 8.07. The van der Waals surface area contributed by atoms with Gasteiger partial charge in [-0.15, -0.1) is 0 Å². The van der Waals surface area contributed by atoms with Crippen molar-refractivity contribution in [2.45, 2.75) is 31.8 Å². The molecular formula is C15H17NO. The van der Waals surface area contributed by atoms with Crippen molar-refractivity contribution >= 4 is 0 Å². The molecule has 0 bridgehead atoms. The van der Waals surface area contributed by atoms with Crippen LogP contribution >= 0.6 is 0 Å². The van der Waals surface area contributed by atoms with E-state index in [2.05, 4.69) is 12.6 Å². The van der Waals surface area contributed by atoms with Gasteiger partial charge in [-0.1, -0.05) is 36.9 Å². The van der Waals surface area contributed by atoms with Crippen molar-refractivity contribution in [2.75, 3.05) is 0 Å². The molecule has 0 saturated carbocycles. The molecule has 1 aliphatic rings. The van der Waals surface area contributed by atoms with Gasteiger partial charge < -0.3 is 5.11 Å². The standard InChI is InChI=1S/C15H17NO/c1-3-15(17)13-9-5-4-7-12(13)8-6-10-14(15,2)11-16/h3-5,7,9,17H,1,6,8,10H2,2H3. The monoisotopic (exact) mass is 227 g/mol. The number of hydrogen-bond donors (Lipinski definition) is 1. The summed E-state index contributed by atoms with van der Waals surface area (Å²) in [5.41, 5.74) is -0.110. The second-order valence-corrected chi connectivity index (χ2v) is 4.93. The maximum absolute atomic E-state index is 10.9. The van der Waals surface area contributed by atoms with E-state index in [9.17, 15) is 10.4 Å². The number of hydrogen-bond acceptors (Lipinski definition) is 2. The smallest absolute Gasteiger partial charge is 0.126 e. The van der Waals surface area contributed by atoms with Gasteiger partial charge in [0.1, 0.15) is 5.60 Å². The Morgan fingerprint density at radius 2 is 2.18 bits per heavy atom. The molecule has 0 fully saturated rings. The van der Waals surface area contributed by atoms with Gasteiger partial charge in [0.05, 0.1) is 11.5 Å². The number of aliphatic hydroxyl groups is 1. The third-order valence-electron chi connectivity index (χ3n) is 3.93. The molecule has 0 aliphatic heterocycles. The molecule has 0 spiro atoms. The van der Waals surface area contributed by atoms with Crippen molar-refractivity contribution < 1.29 is 5.11 Å². The minimum atomic E-state index is -1.26. The van der Waals surface area contributed by atoms with Gasteiger partial charge in [-0.05, 0) is 37.3 Å². The van der Waals surface area contributed by atoms with Crippen LogP contribution < -0.4 is 0 Å². The summed E-state index contributed by atoms with van der Waals surface area (Å²) in [5.74, 6) is 0. The predicted molar refractivity (Wildman–Crippen MR) is 67.2 cm³/mol. The van der Waals surface area contributed by atoms with Crippen LogP contribution in [0.2, 0.25) is 0 Å². The summed E-state index contributed by atoms with van der Waals surface area (Å²) in [7, 11) is 0. The summed E-state index contributed by atoms with van der Waals surface area (Å²) in [6.45, 7) is 5.56. The van der Waals surface area contributed by atoms with Gasteiger partial charge in [0.15, 0.2) is 0 Å². The van der Waals surface area contributed by atoms with Crippen molar-refractivity contribution in [3.63, 3.8) is 0 Å². The van der Waals surface area contributed by atoms with E-state index in [0.717, 1.165) is 24.0 Å². The Morgan fingerprint density at radius 3 is 2.82 bits per heavy atom. The molecule has 88 valence electrons. The lowest BCUT2D eigenvalue weighted by atomic mass is 9.69. The Morgan fingerprint density at radius 1 is 1.47 bits per heavy atom. The van der Waals surface area contributed by atoms with Crippen molar-refractivity contribution in [1.29, 1.82) is 5.26 Å². The lowest BCUT2D eigenvalue weighted by Crippen LogP contribution is -2.41. The Hall–Kier alpha value is -1.59. The number of nitrogens with zero attached hydrogens (tertiary/aromatic N) is 1. The van der Waals surface area contributed by atoms with Crippen LogP contribution in [0.5, 0.6) is 0 Å². The van der Waals surface area contributed by atoms with Crippen molar-refractivity contribution in [3.8, 4) is 6.07 Å². The summed E-state index contributed by atoms with van der Waals surface area (Å²) in [4.78, 5) is 0. The zero-order valence-corrected chi connectivity index (χ0v) is 10.1. The average molecular weight is 227 g/mol. The summed E-state index contributed by atoms with van der Waals surface area (Å²) in [6, 6.07) is 10.1. The summed E-state index contributed by atoms with van der Waals surface area (Å²) in [6.07, 6.45) is 4.02. The molecule has 0 amide bonds. The van der Waals surface area contributed by atoms with Gasteiger partial charge >= 0.3 is 0 Å². The van der Waals surface area contributed by atoms with Gasteiger partial charge in [-0.3, -0.25) is 0 Å². The molecule has 0 saturated heterocycles. The van der Waals surface area contributed by atoms with E-state index in [1.807, 2.05) is 31.2 Å². The highest BCUT2D eigenvalue weighted by molar-refractivity contribution is 5.40. The topological polar surface area (TPSA) is 44.0 Å². The highest BCUT2D eigenvalue weighted by Gasteiger charge is 2.48. The van der Waals surface area contributed by atoms with E-state index in [-0.39, 0.29) is 0 Å². The highest BCUT2D eigenvalue weighted by atomic mass is 16.3. The zero-order valence-electron chi connectivity index (χ0n) is 10.1. The molecule has 2 unspecified atom stereocenters. The van der Waals surface area contributed by atoms with Crippen molar-refractivity contribution in [1.82, 2.24) is 0 Å². The van der Waals surface area contributed by atoms with E-state index in [1.165, 1.54) is 6.08 Å². The highest BCUT2D eigenvalue weighted by Crippen LogP contribution is 2.47. The van der Waals surface area contributed by atoms with Crippen LogP contribution in [0.4, 0.5) is 0 Å². The summed E-state index contributed by atoms with van der Waals surface area (Å²) < 4.78 is 0. The van der Waals surface area contributed by atoms with Crippen LogP contribution in [0, 0.1) is 16.7 Å². The Kier molecular flexibility index (Phi) is 2.81. The maximum Gasteiger partial charge on any atom is 0.126 e. The molecule has 0 heterocycles. The molecule has 0 aromatic heterocycles. The van der Waals surface area contributed by atoms with Crippen LogP contribution in [0.25, 0.3) is 0 Å². The SMILES string of the molecule is C=CC1(O)c2ccccc2CCCC1(C)C#N. The third-order valence-corrected chi connectivity index (χ3v) is 3.93. The molecule has 2 heteroatoms. The lowest BCUT2D eigenvalue weighted by Gasteiger charge is -2.37. The van der Waals surface area contributed by atoms with E-state index in [1.54, 1.807) is 0 Å². The average Bonchev–Trinajstić information content (AvgIpc) is 2.48. The fourth-order valence-electron chi connectivity index (χ4n) is 2.71. The van der Waals surface area contributed by atoms with E-state index in [4.69, 9.17) is 0 Å². The van der Waals surface area contributed by atoms with Gasteiger partial charge in [-0.2, -0.15) is 5.26 Å². The number of rotatable bonds is 1. The first-order valence-electron chi connectivity index (χ1n) is 5.93. The Labute approximate surface area is 102 Å².